The molecule has 4 atom stereocenters. The number of hydrogen-bond acceptors (Lipinski definition) is 5. The molecule has 608 valence electrons. The number of hydrogen-bond donors (Lipinski definition) is 0. The number of rotatable bonds is 5. The first-order valence-electron chi connectivity index (χ1n) is 43.4. The van der Waals surface area contributed by atoms with E-state index in [0.717, 1.165) is 16.2 Å². The van der Waals surface area contributed by atoms with Crippen LogP contribution in [0.4, 0.5) is 34.4 Å². The topological polar surface area (TPSA) is 45.2 Å². The van der Waals surface area contributed by atoms with E-state index >= 15 is 0 Å². The average molecular weight is 1810 g/mol. The summed E-state index contributed by atoms with van der Waals surface area (Å²) in [6, 6.07) is 121. The van der Waals surface area contributed by atoms with Crippen molar-refractivity contribution in [2.45, 2.75) is 101 Å². The molecule has 2 spiro atoms. The van der Waals surface area contributed by atoms with Crippen LogP contribution < -0.4 is 53.5 Å². The van der Waals surface area contributed by atoms with E-state index in [-0.39, 0.29) is 97.2 Å². The van der Waals surface area contributed by atoms with Crippen LogP contribution in [0.1, 0.15) is 147 Å². The molecule has 0 saturated heterocycles. The molecule has 9 aliphatic rings. The molecule has 12 aromatic carbocycles. The van der Waals surface area contributed by atoms with Crippen LogP contribution in [0.15, 0.2) is 399 Å². The van der Waals surface area contributed by atoms with Crippen LogP contribution in [0.2, 0.25) is 11.6 Å². The number of pyridine rings is 3. The van der Waals surface area contributed by atoms with E-state index in [2.05, 4.69) is 486 Å². The normalized spacial score (nSPS) is 19.6. The van der Waals surface area contributed by atoms with Gasteiger partial charge in [-0.3, -0.25) is 9.80 Å². The molecule has 6 aliphatic heterocycles. The zero-order valence-electron chi connectivity index (χ0n) is 69.6. The molecule has 24 rings (SSSR count). The highest BCUT2D eigenvalue weighted by molar-refractivity contribution is 9.25. The Labute approximate surface area is 765 Å². The fourth-order valence-corrected chi connectivity index (χ4v) is 25.8. The van der Waals surface area contributed by atoms with Crippen LogP contribution in [-0.2, 0) is 27.1 Å². The van der Waals surface area contributed by atoms with Crippen LogP contribution in [0.25, 0.3) is 0 Å². The van der Waals surface area contributed by atoms with Crippen molar-refractivity contribution < 1.29 is 1.43 Å². The summed E-state index contributed by atoms with van der Waals surface area (Å²) in [4.78, 5) is 20.0. The first-order valence-corrected chi connectivity index (χ1v) is 46.0. The SMILES string of the molecule is BrB1c2ccccc2C2(c3ccccc31)c1ccccc1B(Br)c1ccccc12.C.C.CC1(C)c2ccccc2C(c2ccc(Br)nc2)c2ccccc21.CC1(C)c2ccccc2N(c2ccc(B3c4ccccc4C4(c5ccccc5B(c5ccc(N6c7ccccc7C(C)(C)c7ccccc76)nc5)C5C=CC=CC54)C4C=CC=CC34)cn2)c2ccccc21.[2HH]. The first kappa shape index (κ1) is 81.7. The Kier molecular flexibility index (Phi) is 20.8. The maximum atomic E-state index is 5.40. The molecule has 5 nitrogen and oxygen atoms in total. The van der Waals surface area contributed by atoms with Crippen molar-refractivity contribution in [1.82, 2.24) is 15.0 Å². The fraction of sp³-hybridized carbons (Fsp3) is 0.159. The average Bonchev–Trinajstić information content (AvgIpc) is 0.677. The lowest BCUT2D eigenvalue weighted by atomic mass is 9.19. The predicted molar refractivity (Wildman–Crippen MR) is 543 cm³/mol. The summed E-state index contributed by atoms with van der Waals surface area (Å²) in [6.07, 6.45) is 25.7. The molecule has 0 saturated carbocycles. The molecule has 125 heavy (non-hydrogen) atoms. The number of nitrogens with zero attached hydrogens (tertiary/aromatic N) is 5. The highest BCUT2D eigenvalue weighted by Gasteiger charge is 2.62. The van der Waals surface area contributed by atoms with Gasteiger partial charge in [0.05, 0.1) is 28.2 Å². The second-order valence-electron chi connectivity index (χ2n) is 36.1. The van der Waals surface area contributed by atoms with Crippen LogP contribution in [0, 0.1) is 11.8 Å². The fourth-order valence-electron chi connectivity index (χ4n) is 24.0. The van der Waals surface area contributed by atoms with E-state index in [0.29, 0.717) is 0 Å². The van der Waals surface area contributed by atoms with Gasteiger partial charge in [0.1, 0.15) is 16.2 Å². The van der Waals surface area contributed by atoms with Crippen molar-refractivity contribution in [1.29, 1.82) is 0 Å². The summed E-state index contributed by atoms with van der Waals surface area (Å²) >= 11 is 11.5. The van der Waals surface area contributed by atoms with E-state index in [1.807, 2.05) is 12.3 Å². The number of fused-ring (bicyclic) bond motifs is 22. The monoisotopic (exact) mass is 1810 g/mol. The van der Waals surface area contributed by atoms with Gasteiger partial charge in [0.25, 0.3) is 11.1 Å². The smallest absolute Gasteiger partial charge is 0.288 e. The molecule has 0 N–H and O–H groups in total. The Bertz CT molecular complexity index is 6280. The summed E-state index contributed by atoms with van der Waals surface area (Å²) in [5, 5.41) is 0. The lowest BCUT2D eigenvalue weighted by Crippen LogP contribution is -2.67. The Balaban J connectivity index is 0.000000153. The van der Waals surface area contributed by atoms with Crippen molar-refractivity contribution in [3.8, 4) is 0 Å². The second kappa shape index (κ2) is 31.8. The van der Waals surface area contributed by atoms with E-state index in [4.69, 9.17) is 9.97 Å². The second-order valence-corrected chi connectivity index (χ2v) is 38.7. The van der Waals surface area contributed by atoms with Gasteiger partial charge >= 0.3 is 0 Å². The quantitative estimate of drug-likeness (QED) is 0.127. The van der Waals surface area contributed by atoms with Crippen molar-refractivity contribution in [3.05, 3.63) is 483 Å². The van der Waals surface area contributed by atoms with E-state index in [1.54, 1.807) is 0 Å². The summed E-state index contributed by atoms with van der Waals surface area (Å²) < 4.78 is 0.874. The van der Waals surface area contributed by atoms with Crippen molar-refractivity contribution >= 4 is 150 Å². The van der Waals surface area contributed by atoms with Crippen LogP contribution in [0.3, 0.4) is 0 Å². The Morgan fingerprint density at radius 3 is 0.928 bits per heavy atom. The van der Waals surface area contributed by atoms with Crippen molar-refractivity contribution in [2.75, 3.05) is 9.80 Å². The lowest BCUT2D eigenvalue weighted by molar-refractivity contribution is 0.281. The number of aromatic nitrogens is 3. The van der Waals surface area contributed by atoms with Crippen LogP contribution in [-0.4, -0.2) is 39.5 Å². The van der Waals surface area contributed by atoms with Gasteiger partial charge in [0, 0.05) is 47.6 Å². The molecule has 0 amide bonds. The number of halogens is 3. The Morgan fingerprint density at radius 1 is 0.296 bits per heavy atom. The van der Waals surface area contributed by atoms with Crippen molar-refractivity contribution in [2.24, 2.45) is 11.8 Å². The zero-order chi connectivity index (χ0) is 83.3. The highest BCUT2D eigenvalue weighted by Crippen LogP contribution is 2.62. The molecule has 0 radical (unpaired) electrons. The molecule has 4 unspecified atom stereocenters. The van der Waals surface area contributed by atoms with E-state index < -0.39 is 0 Å². The van der Waals surface area contributed by atoms with Gasteiger partial charge in [0.15, 0.2) is 0 Å². The molecule has 9 heterocycles. The van der Waals surface area contributed by atoms with Gasteiger partial charge in [-0.1, -0.05) is 434 Å². The van der Waals surface area contributed by atoms with Crippen molar-refractivity contribution in [3.63, 3.8) is 0 Å². The lowest BCUT2D eigenvalue weighted by Gasteiger charge is -2.59. The number of benzene rings is 12. The maximum absolute atomic E-state index is 5.40. The summed E-state index contributed by atoms with van der Waals surface area (Å²) in [5.41, 5.74) is 35.4. The largest absolute Gasteiger partial charge is 0.294 e. The third-order valence-corrected chi connectivity index (χ3v) is 31.6. The maximum Gasteiger partial charge on any atom is 0.288 e. The van der Waals surface area contributed by atoms with Crippen LogP contribution >= 0.6 is 47.4 Å². The van der Waals surface area contributed by atoms with Gasteiger partial charge in [-0.25, -0.2) is 15.0 Å². The third-order valence-electron chi connectivity index (χ3n) is 29.2. The minimum atomic E-state index is -0.333. The summed E-state index contributed by atoms with van der Waals surface area (Å²) in [5.74, 6) is 2.89. The molecular formula is C113H98B4Br3N5. The summed E-state index contributed by atoms with van der Waals surface area (Å²) in [6.45, 7) is 14.2. The number of anilines is 6. The molecule has 3 aromatic heterocycles. The Hall–Kier alpha value is -11.7. The van der Waals surface area contributed by atoms with Gasteiger partial charge in [-0.15, -0.1) is 31.5 Å². The minimum absolute atomic E-state index is 0. The predicted octanol–water partition coefficient (Wildman–Crippen LogP) is 23.3. The standard InChI is InChI=1S/C65H54B2N4.C25H16B2Br2.C21H18BrN.2CH4.H2/c1-63(2)49-25-9-17-33-57(49)70(58-34-18-10-26-50(58)63)61-39-37-43(41-68-61)66-53-29-13-5-21-45(53)65(46-22-6-14-30-54(46)66)47-23-7-15-31-55(47)67(56-32-16-8-24-48(56)65)44-38-40-62(69-42-44)71-59-35-19-11-27-51(59)64(3,4)52-28-12-20-36-60(52)71;28-26-21-13-5-1-9-17(21)25(18-10-2-6-14-22(18)26)19-11-3-7-15-23(19)27(29)24-16-8-4-12-20(24)25;1-21(2)17-9-5-3-7-15(17)20(14-11-12-19(22)23-13-14)16-8-4-6-10-18(16)21;;;/h5-42,45,47,53,55H,1-4H3;1-16H;3-13,20H,1-2H3;2*1H4;1H/i;;;;;1+1. The number of allylic oxidation sites excluding steroid dienone is 8. The molecule has 0 bridgehead atoms. The van der Waals surface area contributed by atoms with Gasteiger partial charge in [-0.05, 0) is 165 Å². The van der Waals surface area contributed by atoms with Gasteiger partial charge in [-0.2, -0.15) is 0 Å². The summed E-state index contributed by atoms with van der Waals surface area (Å²) in [7, 11) is 0. The highest BCUT2D eigenvalue weighted by atomic mass is 79.9. The zero-order valence-corrected chi connectivity index (χ0v) is 74.4. The minimum Gasteiger partial charge on any atom is -0.294 e. The van der Waals surface area contributed by atoms with E-state index in [9.17, 15) is 0 Å². The molecule has 3 aliphatic carbocycles. The molecule has 15 aromatic rings. The van der Waals surface area contributed by atoms with Gasteiger partial charge in [0.2, 0.25) is 13.4 Å². The third kappa shape index (κ3) is 12.4. The Morgan fingerprint density at radius 2 is 0.592 bits per heavy atom. The number of para-hydroxylation sites is 4. The molecule has 12 heteroatoms. The molecule has 0 fully saturated rings. The first-order chi connectivity index (χ1) is 60.1. The van der Waals surface area contributed by atoms with Crippen LogP contribution in [0.5, 0.6) is 0 Å². The van der Waals surface area contributed by atoms with E-state index in [1.165, 1.54) is 150 Å². The van der Waals surface area contributed by atoms with Gasteiger partial charge < -0.3 is 0 Å². The molecular weight excluding hydrogens is 1710 g/mol.